The van der Waals surface area contributed by atoms with Gasteiger partial charge >= 0.3 is 45.8 Å². The van der Waals surface area contributed by atoms with Gasteiger partial charge in [0.15, 0.2) is 23.7 Å². The van der Waals surface area contributed by atoms with E-state index in [1.54, 1.807) is 54.5 Å². The molecule has 0 aliphatic carbocycles. The second-order valence-corrected chi connectivity index (χ2v) is 19.7. The minimum Gasteiger partial charge on any atom is -0.506 e. The highest BCUT2D eigenvalue weighted by Crippen LogP contribution is 2.31. The van der Waals surface area contributed by atoms with Crippen molar-refractivity contribution in [3.05, 3.63) is 149 Å². The van der Waals surface area contributed by atoms with Gasteiger partial charge in [-0.3, -0.25) is 29.3 Å². The van der Waals surface area contributed by atoms with Gasteiger partial charge in [0, 0.05) is 11.4 Å². The molecular weight excluding hydrogens is 1170 g/mol. The van der Waals surface area contributed by atoms with Crippen LogP contribution in [0.25, 0.3) is 30.8 Å². The molecule has 31 heteroatoms. The van der Waals surface area contributed by atoms with E-state index < -0.39 is 50.9 Å². The summed E-state index contributed by atoms with van der Waals surface area (Å²) < 4.78 is 43.5. The van der Waals surface area contributed by atoms with Crippen LogP contribution >= 0.6 is 79.6 Å². The average molecular weight is 1210 g/mol. The highest BCUT2D eigenvalue weighted by molar-refractivity contribution is 7.22. The van der Waals surface area contributed by atoms with Gasteiger partial charge in [-0.2, -0.15) is 0 Å². The van der Waals surface area contributed by atoms with Gasteiger partial charge in [0.2, 0.25) is 5.24 Å². The molecule has 0 bridgehead atoms. The third-order valence-electron chi connectivity index (χ3n) is 8.61. The fraction of sp³-hybridized carbons (Fsp3) is 0.149. The quantitative estimate of drug-likeness (QED) is 0.0245. The van der Waals surface area contributed by atoms with E-state index >= 15 is 0 Å². The van der Waals surface area contributed by atoms with E-state index in [0.29, 0.717) is 47.4 Å². The molecule has 0 aliphatic heterocycles. The lowest BCUT2D eigenvalue weighted by Crippen LogP contribution is -2.14. The Labute approximate surface area is 466 Å². The van der Waals surface area contributed by atoms with Crippen molar-refractivity contribution >= 4 is 162 Å². The summed E-state index contributed by atoms with van der Waals surface area (Å²) in [4.78, 5) is 119. The zero-order chi connectivity index (χ0) is 58.1. The summed E-state index contributed by atoms with van der Waals surface area (Å²) in [5, 5.41) is 28.1. The first kappa shape index (κ1) is 63.9. The smallest absolute Gasteiger partial charge is 0.351 e. The average Bonchev–Trinajstić information content (AvgIpc) is 4.34. The second kappa shape index (κ2) is 32.3. The highest BCUT2D eigenvalue weighted by Gasteiger charge is 2.20. The van der Waals surface area contributed by atoms with Gasteiger partial charge in [-0.15, -0.1) is 56.7 Å². The lowest BCUT2D eigenvalue weighted by atomic mass is 10.3. The Balaban J connectivity index is 0.000000245. The number of esters is 4. The molecule has 412 valence electrons. The summed E-state index contributed by atoms with van der Waals surface area (Å²) in [5.74, 6) is -1.14. The normalized spacial score (nSPS) is 9.73. The number of hydrogen-bond acceptors (Lipinski definition) is 29. The number of aromatic hydroxyl groups is 1. The van der Waals surface area contributed by atoms with E-state index in [9.17, 15) is 58.1 Å². The molecule has 9 aromatic heterocycles. The number of nitrogen functional groups attached to an aromatic ring is 1. The highest BCUT2D eigenvalue weighted by atomic mass is 35.5. The number of fused-ring (bicyclic) bond motifs is 3. The van der Waals surface area contributed by atoms with Gasteiger partial charge in [-0.1, -0.05) is 11.3 Å². The maximum atomic E-state index is 11.4. The largest absolute Gasteiger partial charge is 0.506 e. The van der Waals surface area contributed by atoms with Crippen LogP contribution in [0.1, 0.15) is 56.8 Å². The molecule has 0 radical (unpaired) electrons. The summed E-state index contributed by atoms with van der Waals surface area (Å²) in [5.41, 5.74) is 3.78. The van der Waals surface area contributed by atoms with Crippen LogP contribution in [-0.2, 0) is 28.5 Å². The van der Waals surface area contributed by atoms with E-state index in [1.807, 2.05) is 22.2 Å². The Hall–Kier alpha value is -8.39. The van der Waals surface area contributed by atoms with Gasteiger partial charge in [-0.05, 0) is 75.6 Å². The van der Waals surface area contributed by atoms with Crippen molar-refractivity contribution in [3.63, 3.8) is 0 Å². The molecule has 0 aliphatic rings. The molecule has 78 heavy (non-hydrogen) atoms. The molecule has 9 aromatic rings. The van der Waals surface area contributed by atoms with Crippen molar-refractivity contribution in [1.82, 2.24) is 0 Å². The SMILES string of the molecule is COC(=O)CC(=O)Cl.COC(=O)c1cc2sc(N)cc2oc1=O.COC(=O)c1cc2sc([N+](=O)[O-])cc2oc1=O.COC(=O)c1cc2sccc2oc1=O.COc1ccsc1.COc1ccsc1C=O.O=Cc1sccc1O. The van der Waals surface area contributed by atoms with Gasteiger partial charge < -0.3 is 52.5 Å². The van der Waals surface area contributed by atoms with Crippen molar-refractivity contribution in [2.75, 3.05) is 48.4 Å². The molecule has 0 atom stereocenters. The van der Waals surface area contributed by atoms with E-state index in [-0.39, 0.29) is 39.4 Å². The van der Waals surface area contributed by atoms with Crippen LogP contribution in [0.15, 0.2) is 109 Å². The third kappa shape index (κ3) is 19.3. The Morgan fingerprint density at radius 2 is 1.14 bits per heavy atom. The van der Waals surface area contributed by atoms with Crippen molar-refractivity contribution < 1.29 is 85.3 Å². The lowest BCUT2D eigenvalue weighted by molar-refractivity contribution is -0.380. The van der Waals surface area contributed by atoms with E-state index in [2.05, 4.69) is 18.9 Å². The summed E-state index contributed by atoms with van der Waals surface area (Å²) in [7, 11) is 7.97. The number of carbonyl (C=O) groups excluding carboxylic acids is 7. The molecular formula is C47H39ClN2O22S6. The van der Waals surface area contributed by atoms with E-state index in [4.69, 9.17) is 45.2 Å². The first-order valence-electron chi connectivity index (χ1n) is 20.6. The van der Waals surface area contributed by atoms with Gasteiger partial charge in [0.05, 0.1) is 72.7 Å². The number of nitrogens with two attached hydrogens (primary N) is 1. The van der Waals surface area contributed by atoms with Crippen LogP contribution < -0.4 is 32.1 Å². The third-order valence-corrected chi connectivity index (χ3v) is 13.8. The Morgan fingerprint density at radius 3 is 1.54 bits per heavy atom. The fourth-order valence-corrected chi connectivity index (χ4v) is 9.39. The number of halogens is 1. The second-order valence-electron chi connectivity index (χ2n) is 13.4. The first-order chi connectivity index (χ1) is 37.2. The number of anilines is 1. The molecule has 0 aromatic carbocycles. The molecule has 0 amide bonds. The van der Waals surface area contributed by atoms with Crippen LogP contribution in [0.4, 0.5) is 10.0 Å². The standard InChI is InChI=1S/C9H5NO6S.C9H7NO4S.C9H6O4S.C6H6O2S.C5H4O2S.C5H6OS.C4H5ClO3/c1-15-8(11)4-2-6-5(16-9(4)12)3-7(17-6)10(13)14;1-13-8(11)4-2-6-5(14-9(4)12)3-7(10)15-6;1-12-8(10)5-4-7-6(2-3-14-7)13-9(5)11;1-8-5-2-3-9-6(5)4-7;6-3-5-4(7)1-2-8-5;1-6-5-2-3-7-4-5;1-8-4(7)2-3(5)6/h2-3H,1H3;2-3H,10H2,1H3;2-4H,1H3;2-4H,1H3;1-3,7H;2-4H,1H3;2H2,1H3. The van der Waals surface area contributed by atoms with Gasteiger partial charge in [0.25, 0.3) is 0 Å². The molecule has 9 heterocycles. The van der Waals surface area contributed by atoms with Crippen LogP contribution in [0.5, 0.6) is 17.2 Å². The van der Waals surface area contributed by atoms with Crippen molar-refractivity contribution in [2.45, 2.75) is 6.42 Å². The molecule has 24 nitrogen and oxygen atoms in total. The van der Waals surface area contributed by atoms with Crippen LogP contribution in [-0.4, -0.2) is 94.4 Å². The maximum absolute atomic E-state index is 11.4. The van der Waals surface area contributed by atoms with E-state index in [1.165, 1.54) is 90.9 Å². The number of rotatable bonds is 10. The number of hydrogen-bond donors (Lipinski definition) is 2. The summed E-state index contributed by atoms with van der Waals surface area (Å²) in [6, 6.07) is 13.7. The summed E-state index contributed by atoms with van der Waals surface area (Å²) >= 11 is 12.5. The van der Waals surface area contributed by atoms with Crippen molar-refractivity contribution in [1.29, 1.82) is 0 Å². The molecule has 3 N–H and O–H groups in total. The molecule has 0 saturated heterocycles. The number of nitro groups is 1. The van der Waals surface area contributed by atoms with Crippen LogP contribution in [0.3, 0.4) is 0 Å². The van der Waals surface area contributed by atoms with Crippen molar-refractivity contribution in [2.24, 2.45) is 0 Å². The molecule has 9 rings (SSSR count). The fourth-order valence-electron chi connectivity index (χ4n) is 5.04. The zero-order valence-electron chi connectivity index (χ0n) is 40.8. The summed E-state index contributed by atoms with van der Waals surface area (Å²) in [6.45, 7) is 0. The van der Waals surface area contributed by atoms with E-state index in [0.717, 1.165) is 41.2 Å². The molecule has 0 unspecified atom stereocenters. The molecule has 0 spiro atoms. The van der Waals surface area contributed by atoms with Crippen LogP contribution in [0, 0.1) is 10.1 Å². The van der Waals surface area contributed by atoms with Crippen LogP contribution in [0.2, 0.25) is 0 Å². The number of carbonyl (C=O) groups is 7. The number of aldehydes is 2. The number of thiophene rings is 6. The van der Waals surface area contributed by atoms with Crippen molar-refractivity contribution in [3.8, 4) is 17.2 Å². The number of methoxy groups -OCH3 is 6. The predicted octanol–water partition coefficient (Wildman–Crippen LogP) is 9.32. The monoisotopic (exact) mass is 1210 g/mol. The number of ether oxygens (including phenoxy) is 6. The predicted molar refractivity (Wildman–Crippen MR) is 292 cm³/mol. The Bertz CT molecular complexity index is 3670. The van der Waals surface area contributed by atoms with Gasteiger partial charge in [-0.25, -0.2) is 28.8 Å². The Kier molecular flexibility index (Phi) is 26.4. The summed E-state index contributed by atoms with van der Waals surface area (Å²) in [6.07, 6.45) is 1.08. The maximum Gasteiger partial charge on any atom is 0.351 e. The first-order valence-corrected chi connectivity index (χ1v) is 26.2. The zero-order valence-corrected chi connectivity index (χ0v) is 46.5. The molecule has 0 saturated carbocycles. The Morgan fingerprint density at radius 1 is 0.641 bits per heavy atom. The van der Waals surface area contributed by atoms with Gasteiger partial charge in [0.1, 0.15) is 55.7 Å². The minimum atomic E-state index is -0.878. The lowest BCUT2D eigenvalue weighted by Gasteiger charge is -1.96. The topological polar surface area (TPSA) is 355 Å². The molecule has 0 fully saturated rings. The minimum absolute atomic E-state index is 0.0672. The number of nitrogens with zero attached hydrogens (tertiary/aromatic N) is 1.